The molecule has 0 bridgehead atoms. The second-order valence-electron chi connectivity index (χ2n) is 13.9. The van der Waals surface area contributed by atoms with Gasteiger partial charge in [-0.1, -0.05) is 152 Å². The predicted molar refractivity (Wildman–Crippen MR) is 209 cm³/mol. The SMILES string of the molecule is CCOP(=O)(C[C@H](Cc1ccccc1)C(=O)OC(C)(C)C)[C@H](Cc1ccccc1)NS(=O)(=O)C(c1ccccc1)(c1ccccc1)c1ccccc1. The van der Waals surface area contributed by atoms with Gasteiger partial charge in [0.05, 0.1) is 12.5 Å². The summed E-state index contributed by atoms with van der Waals surface area (Å²) in [5.74, 6) is -2.65. The molecule has 1 N–H and O–H groups in total. The third-order valence-corrected chi connectivity index (χ3v) is 14.1. The first kappa shape index (κ1) is 38.9. The first-order valence-electron chi connectivity index (χ1n) is 17.6. The molecule has 272 valence electrons. The van der Waals surface area contributed by atoms with E-state index in [2.05, 4.69) is 4.72 Å². The molecule has 0 fully saturated rings. The van der Waals surface area contributed by atoms with E-state index in [-0.39, 0.29) is 25.6 Å². The minimum Gasteiger partial charge on any atom is -0.460 e. The van der Waals surface area contributed by atoms with Crippen molar-refractivity contribution in [3.8, 4) is 0 Å². The van der Waals surface area contributed by atoms with Crippen molar-refractivity contribution < 1.29 is 27.0 Å². The van der Waals surface area contributed by atoms with Crippen molar-refractivity contribution in [3.05, 3.63) is 179 Å². The van der Waals surface area contributed by atoms with Crippen LogP contribution in [0, 0.1) is 5.92 Å². The van der Waals surface area contributed by atoms with E-state index in [4.69, 9.17) is 9.26 Å². The number of carbonyl (C=O) groups is 1. The fourth-order valence-corrected chi connectivity index (χ4v) is 12.0. The van der Waals surface area contributed by atoms with Gasteiger partial charge in [-0.25, -0.2) is 13.1 Å². The molecule has 0 radical (unpaired) electrons. The number of benzene rings is 5. The van der Waals surface area contributed by atoms with E-state index in [0.29, 0.717) is 16.7 Å². The molecule has 9 heteroatoms. The van der Waals surface area contributed by atoms with Gasteiger partial charge in [-0.05, 0) is 68.4 Å². The van der Waals surface area contributed by atoms with Gasteiger partial charge < -0.3 is 9.26 Å². The molecule has 0 heterocycles. The summed E-state index contributed by atoms with van der Waals surface area (Å²) in [5, 5.41) is 0. The Hall–Kier alpha value is -4.33. The highest BCUT2D eigenvalue weighted by Gasteiger charge is 2.52. The van der Waals surface area contributed by atoms with E-state index in [9.17, 15) is 4.79 Å². The summed E-state index contributed by atoms with van der Waals surface area (Å²) in [4.78, 5) is 13.9. The van der Waals surface area contributed by atoms with E-state index in [1.165, 1.54) is 0 Å². The Balaban J connectivity index is 1.70. The maximum Gasteiger partial charge on any atom is 0.310 e. The molecule has 52 heavy (non-hydrogen) atoms. The van der Waals surface area contributed by atoms with Crippen molar-refractivity contribution in [2.45, 2.75) is 56.7 Å². The number of carbonyl (C=O) groups excluding carboxylic acids is 1. The first-order valence-corrected chi connectivity index (χ1v) is 21.0. The molecular formula is C43H48NO6PS. The summed E-state index contributed by atoms with van der Waals surface area (Å²) in [6, 6.07) is 46.0. The van der Waals surface area contributed by atoms with Crippen molar-refractivity contribution in [2.24, 2.45) is 5.92 Å². The lowest BCUT2D eigenvalue weighted by Crippen LogP contribution is -2.50. The predicted octanol–water partition coefficient (Wildman–Crippen LogP) is 8.98. The average Bonchev–Trinajstić information content (AvgIpc) is 3.13. The third kappa shape index (κ3) is 9.17. The highest BCUT2D eigenvalue weighted by atomic mass is 32.2. The van der Waals surface area contributed by atoms with Gasteiger partial charge in [0.2, 0.25) is 17.4 Å². The molecule has 0 aromatic heterocycles. The van der Waals surface area contributed by atoms with Gasteiger partial charge >= 0.3 is 5.97 Å². The van der Waals surface area contributed by atoms with Crippen LogP contribution < -0.4 is 4.72 Å². The van der Waals surface area contributed by atoms with E-state index < -0.39 is 45.4 Å². The van der Waals surface area contributed by atoms with Crippen molar-refractivity contribution in [2.75, 3.05) is 12.8 Å². The van der Waals surface area contributed by atoms with Crippen molar-refractivity contribution >= 4 is 23.4 Å². The second kappa shape index (κ2) is 17.0. The Labute approximate surface area is 308 Å². The lowest BCUT2D eigenvalue weighted by atomic mass is 9.84. The molecule has 0 saturated carbocycles. The molecule has 1 unspecified atom stereocenters. The normalized spacial score (nSPS) is 14.5. The Morgan fingerprint density at radius 2 is 1.04 bits per heavy atom. The zero-order valence-corrected chi connectivity index (χ0v) is 31.9. The van der Waals surface area contributed by atoms with E-state index >= 15 is 13.0 Å². The van der Waals surface area contributed by atoms with Gasteiger partial charge in [-0.2, -0.15) is 0 Å². The number of sulfonamides is 1. The summed E-state index contributed by atoms with van der Waals surface area (Å²) in [6.07, 6.45) is 0.0530. The molecule has 0 aliphatic heterocycles. The molecule has 3 atom stereocenters. The molecule has 0 aliphatic rings. The van der Waals surface area contributed by atoms with Crippen LogP contribution in [0.2, 0.25) is 0 Å². The van der Waals surface area contributed by atoms with Crippen LogP contribution in [0.25, 0.3) is 0 Å². The van der Waals surface area contributed by atoms with Gasteiger partial charge in [0.1, 0.15) is 11.4 Å². The third-order valence-electron chi connectivity index (χ3n) is 8.87. The summed E-state index contributed by atoms with van der Waals surface area (Å²) in [6.45, 7) is 7.13. The van der Waals surface area contributed by atoms with Gasteiger partial charge in [0.25, 0.3) is 0 Å². The second-order valence-corrected chi connectivity index (χ2v) is 18.4. The average molecular weight is 738 g/mol. The minimum absolute atomic E-state index is 0.0396. The molecule has 5 aromatic rings. The largest absolute Gasteiger partial charge is 0.460 e. The molecule has 5 aromatic carbocycles. The molecular weight excluding hydrogens is 690 g/mol. The van der Waals surface area contributed by atoms with Crippen molar-refractivity contribution in [1.29, 1.82) is 0 Å². The van der Waals surface area contributed by atoms with Crippen molar-refractivity contribution in [3.63, 3.8) is 0 Å². The highest BCUT2D eigenvalue weighted by molar-refractivity contribution is 7.91. The number of hydrogen-bond donors (Lipinski definition) is 1. The Bertz CT molecular complexity index is 1920. The van der Waals surface area contributed by atoms with Gasteiger partial charge in [-0.15, -0.1) is 0 Å². The van der Waals surface area contributed by atoms with Crippen LogP contribution in [0.4, 0.5) is 0 Å². The van der Waals surface area contributed by atoms with Crippen LogP contribution in [-0.2, 0) is 46.2 Å². The van der Waals surface area contributed by atoms with Crippen LogP contribution in [0.1, 0.15) is 55.5 Å². The van der Waals surface area contributed by atoms with E-state index in [0.717, 1.165) is 11.1 Å². The van der Waals surface area contributed by atoms with Crippen LogP contribution in [0.15, 0.2) is 152 Å². The molecule has 7 nitrogen and oxygen atoms in total. The number of esters is 1. The summed E-state index contributed by atoms with van der Waals surface area (Å²) < 4.78 is 60.2. The van der Waals surface area contributed by atoms with E-state index in [1.807, 2.05) is 115 Å². The minimum atomic E-state index is -4.53. The lowest BCUT2D eigenvalue weighted by molar-refractivity contribution is -0.159. The molecule has 0 aliphatic carbocycles. The van der Waals surface area contributed by atoms with Gasteiger partial charge in [0.15, 0.2) is 4.75 Å². The number of rotatable bonds is 16. The highest BCUT2D eigenvalue weighted by Crippen LogP contribution is 2.55. The first-order chi connectivity index (χ1) is 24.9. The van der Waals surface area contributed by atoms with E-state index in [1.54, 1.807) is 64.1 Å². The van der Waals surface area contributed by atoms with Crippen LogP contribution in [0.5, 0.6) is 0 Å². The Kier molecular flexibility index (Phi) is 12.7. The number of ether oxygens (including phenoxy) is 1. The topological polar surface area (TPSA) is 98.8 Å². The number of nitrogens with one attached hydrogen (secondary N) is 1. The molecule has 0 spiro atoms. The van der Waals surface area contributed by atoms with Crippen LogP contribution >= 0.6 is 7.37 Å². The summed E-state index contributed by atoms with van der Waals surface area (Å²) in [5.41, 5.74) is 2.36. The quantitative estimate of drug-likeness (QED) is 0.0617. The van der Waals surface area contributed by atoms with Crippen LogP contribution in [-0.4, -0.2) is 38.5 Å². The zero-order valence-electron chi connectivity index (χ0n) is 30.2. The maximum absolute atomic E-state index is 15.6. The van der Waals surface area contributed by atoms with Crippen molar-refractivity contribution in [1.82, 2.24) is 4.72 Å². The zero-order chi connectivity index (χ0) is 37.2. The molecule has 0 saturated heterocycles. The lowest BCUT2D eigenvalue weighted by Gasteiger charge is -2.38. The molecule has 0 amide bonds. The summed E-state index contributed by atoms with van der Waals surface area (Å²) >= 11 is 0. The Morgan fingerprint density at radius 1 is 0.654 bits per heavy atom. The summed E-state index contributed by atoms with van der Waals surface area (Å²) in [7, 11) is -8.57. The monoisotopic (exact) mass is 737 g/mol. The van der Waals surface area contributed by atoms with Gasteiger partial charge in [-0.3, -0.25) is 9.36 Å². The van der Waals surface area contributed by atoms with Gasteiger partial charge in [0, 0.05) is 6.16 Å². The maximum atomic E-state index is 15.6. The molecule has 5 rings (SSSR count). The Morgan fingerprint density at radius 3 is 1.42 bits per heavy atom. The fraction of sp³-hybridized carbons (Fsp3) is 0.279. The standard InChI is InChI=1S/C43H48NO6PS/c1-5-49-51(46,33-36(41(45)50-42(2,3)4)31-34-21-11-6-12-22-34)40(32-35-23-13-7-14-24-35)44-52(47,48)43(37-25-15-8-16-26-37,38-27-17-9-18-28-38)39-29-19-10-20-30-39/h6-30,36,40,44H,5,31-33H2,1-4H3/t36-,40+,51?/m0/s1. The number of hydrogen-bond acceptors (Lipinski definition) is 6. The van der Waals surface area contributed by atoms with Crippen LogP contribution in [0.3, 0.4) is 0 Å². The smallest absolute Gasteiger partial charge is 0.310 e. The fourth-order valence-electron chi connectivity index (χ4n) is 6.65.